The Balaban J connectivity index is 0.00000289. The number of aromatic hydroxyl groups is 1. The number of aromatic nitrogens is 3. The third kappa shape index (κ3) is 4.55. The second kappa shape index (κ2) is 10.8. The Morgan fingerprint density at radius 2 is 1.40 bits per heavy atom. The van der Waals surface area contributed by atoms with E-state index in [2.05, 4.69) is 33.8 Å². The number of pyridine rings is 2. The van der Waals surface area contributed by atoms with Gasteiger partial charge in [0.15, 0.2) is 0 Å². The van der Waals surface area contributed by atoms with Crippen molar-refractivity contribution in [1.82, 2.24) is 14.5 Å². The van der Waals surface area contributed by atoms with Gasteiger partial charge in [-0.3, -0.25) is 0 Å². The van der Waals surface area contributed by atoms with E-state index in [0.29, 0.717) is 28.2 Å². The van der Waals surface area contributed by atoms with Gasteiger partial charge in [0.1, 0.15) is 17.2 Å². The largest absolute Gasteiger partial charge is 0.507 e. The summed E-state index contributed by atoms with van der Waals surface area (Å²) in [6.45, 7) is 0. The number of hydrogen-bond donors (Lipinski definition) is 1. The van der Waals surface area contributed by atoms with Crippen LogP contribution in [0.5, 0.6) is 5.75 Å². The van der Waals surface area contributed by atoms with Crippen molar-refractivity contribution in [2.45, 2.75) is 0 Å². The zero-order valence-electron chi connectivity index (χ0n) is 21.1. The van der Waals surface area contributed by atoms with E-state index in [4.69, 9.17) is 9.40 Å². The quantitative estimate of drug-likeness (QED) is 0.189. The zero-order valence-corrected chi connectivity index (χ0v) is 23.4. The molecule has 0 saturated carbocycles. The minimum atomic E-state index is 0. The normalized spacial score (nSPS) is 10.9. The van der Waals surface area contributed by atoms with Gasteiger partial charge < -0.3 is 19.1 Å². The van der Waals surface area contributed by atoms with Gasteiger partial charge >= 0.3 is 0 Å². The molecule has 4 aromatic carbocycles. The maximum Gasteiger partial charge on any atom is 0.136 e. The standard InChI is InChI=1S/C34H22N3O2.Pt/c38-31-16-5-2-12-26(31)28-14-9-18-34(36-28)37-29-15-4-1-10-24(29)25-11-3-6-17-32(25)39-33-20-19-23(22-30(33)37)27-13-7-8-21-35-27;/h1-21,38H;/q-1;. The van der Waals surface area contributed by atoms with Gasteiger partial charge in [-0.25, -0.2) is 4.98 Å². The van der Waals surface area contributed by atoms with Crippen LogP contribution in [0.1, 0.15) is 0 Å². The van der Waals surface area contributed by atoms with Crippen LogP contribution in [-0.2, 0) is 21.1 Å². The van der Waals surface area contributed by atoms with E-state index in [1.807, 2.05) is 91.0 Å². The van der Waals surface area contributed by atoms with E-state index in [1.165, 1.54) is 0 Å². The molecule has 1 N–H and O–H groups in total. The van der Waals surface area contributed by atoms with Gasteiger partial charge in [-0.2, -0.15) is 0 Å². The SMILES string of the molecule is Oc1ccccc1-c1cccc(-n2c3[c-]c(-c4ccccn4)ccc3oc3ccccc3c3ccccc32)n1.[Pt]. The first-order chi connectivity index (χ1) is 19.3. The van der Waals surface area contributed by atoms with E-state index in [-0.39, 0.29) is 26.8 Å². The molecule has 0 aliphatic heterocycles. The number of para-hydroxylation sites is 3. The molecule has 0 bridgehead atoms. The molecule has 6 heteroatoms. The van der Waals surface area contributed by atoms with Gasteiger partial charge in [-0.15, -0.1) is 23.8 Å². The van der Waals surface area contributed by atoms with Gasteiger partial charge in [0.25, 0.3) is 0 Å². The van der Waals surface area contributed by atoms with Gasteiger partial charge in [0.05, 0.1) is 16.8 Å². The first-order valence-corrected chi connectivity index (χ1v) is 12.7. The fourth-order valence-electron chi connectivity index (χ4n) is 4.93. The molecule has 0 atom stereocenters. The van der Waals surface area contributed by atoms with Crippen molar-refractivity contribution in [3.8, 4) is 34.1 Å². The van der Waals surface area contributed by atoms with Gasteiger partial charge in [0.2, 0.25) is 0 Å². The number of hydrogen-bond acceptors (Lipinski definition) is 4. The Bertz CT molecular complexity index is 2050. The molecule has 7 aromatic rings. The summed E-state index contributed by atoms with van der Waals surface area (Å²) in [7, 11) is 0. The topological polar surface area (TPSA) is 64.1 Å². The second-order valence-electron chi connectivity index (χ2n) is 9.15. The first-order valence-electron chi connectivity index (χ1n) is 12.7. The van der Waals surface area contributed by atoms with E-state index < -0.39 is 0 Å². The molecule has 196 valence electrons. The van der Waals surface area contributed by atoms with Crippen LogP contribution in [0.3, 0.4) is 0 Å². The van der Waals surface area contributed by atoms with E-state index >= 15 is 0 Å². The molecule has 0 saturated heterocycles. The average Bonchev–Trinajstić information content (AvgIpc) is 2.99. The molecular formula is C34H22N3O2Pt-. The molecule has 0 aliphatic rings. The van der Waals surface area contributed by atoms with Crippen molar-refractivity contribution in [1.29, 1.82) is 0 Å². The molecular weight excluding hydrogens is 677 g/mol. The maximum atomic E-state index is 10.5. The molecule has 0 fully saturated rings. The zero-order chi connectivity index (χ0) is 26.2. The molecule has 5 nitrogen and oxygen atoms in total. The Kier molecular flexibility index (Phi) is 6.89. The summed E-state index contributed by atoms with van der Waals surface area (Å²) in [4.78, 5) is 9.58. The summed E-state index contributed by atoms with van der Waals surface area (Å²) < 4.78 is 8.62. The Hall–Kier alpha value is -4.73. The van der Waals surface area contributed by atoms with Crippen molar-refractivity contribution in [2.24, 2.45) is 0 Å². The number of phenols is 1. The van der Waals surface area contributed by atoms with E-state index in [0.717, 1.165) is 33.1 Å². The van der Waals surface area contributed by atoms with Gasteiger partial charge in [-0.1, -0.05) is 66.7 Å². The van der Waals surface area contributed by atoms with Crippen LogP contribution in [0, 0.1) is 6.07 Å². The fraction of sp³-hybridized carbons (Fsp3) is 0. The third-order valence-corrected chi connectivity index (χ3v) is 6.74. The molecule has 0 radical (unpaired) electrons. The monoisotopic (exact) mass is 699 g/mol. The van der Waals surface area contributed by atoms with Crippen LogP contribution in [-0.4, -0.2) is 19.6 Å². The third-order valence-electron chi connectivity index (χ3n) is 6.74. The Morgan fingerprint density at radius 1 is 0.650 bits per heavy atom. The van der Waals surface area contributed by atoms with Gasteiger partial charge in [-0.05, 0) is 48.2 Å². The number of fused-ring (bicyclic) bond motifs is 4. The van der Waals surface area contributed by atoms with Crippen LogP contribution in [0.25, 0.3) is 61.3 Å². The maximum absolute atomic E-state index is 10.5. The molecule has 0 unspecified atom stereocenters. The van der Waals surface area contributed by atoms with E-state index in [1.54, 1.807) is 18.3 Å². The second-order valence-corrected chi connectivity index (χ2v) is 9.15. The molecule has 0 spiro atoms. The number of rotatable bonds is 3. The summed E-state index contributed by atoms with van der Waals surface area (Å²) in [6, 6.07) is 42.6. The summed E-state index contributed by atoms with van der Waals surface area (Å²) in [6.07, 6.45) is 1.77. The molecule has 40 heavy (non-hydrogen) atoms. The summed E-state index contributed by atoms with van der Waals surface area (Å²) in [5.74, 6) is 0.846. The van der Waals surface area contributed by atoms with Crippen molar-refractivity contribution >= 4 is 33.0 Å². The minimum Gasteiger partial charge on any atom is -0.507 e. The summed E-state index contributed by atoms with van der Waals surface area (Å²) >= 11 is 0. The van der Waals surface area contributed by atoms with Crippen molar-refractivity contribution < 1.29 is 30.6 Å². The van der Waals surface area contributed by atoms with Crippen LogP contribution in [0.4, 0.5) is 0 Å². The summed E-state index contributed by atoms with van der Waals surface area (Å²) in [5, 5.41) is 12.5. The van der Waals surface area contributed by atoms with E-state index in [9.17, 15) is 5.11 Å². The molecule has 0 aliphatic carbocycles. The average molecular weight is 700 g/mol. The molecule has 7 rings (SSSR count). The molecule has 0 amide bonds. The predicted octanol–water partition coefficient (Wildman–Crippen LogP) is 8.28. The van der Waals surface area contributed by atoms with Crippen LogP contribution < -0.4 is 0 Å². The number of benzene rings is 4. The molecule has 3 aromatic heterocycles. The number of phenolic OH excluding ortho intramolecular Hbond substituents is 1. The predicted molar refractivity (Wildman–Crippen MR) is 155 cm³/mol. The fourth-order valence-corrected chi connectivity index (χ4v) is 4.93. The van der Waals surface area contributed by atoms with Crippen LogP contribution >= 0.6 is 0 Å². The minimum absolute atomic E-state index is 0. The van der Waals surface area contributed by atoms with Gasteiger partial charge in [0, 0.05) is 49.1 Å². The Morgan fingerprint density at radius 3 is 2.25 bits per heavy atom. The first kappa shape index (κ1) is 25.5. The Labute approximate surface area is 245 Å². The summed E-state index contributed by atoms with van der Waals surface area (Å²) in [5.41, 5.74) is 6.03. The van der Waals surface area contributed by atoms with Crippen molar-refractivity contribution in [3.05, 3.63) is 134 Å². The number of nitrogens with zero attached hydrogens (tertiary/aromatic N) is 3. The smallest absolute Gasteiger partial charge is 0.136 e. The van der Waals surface area contributed by atoms with Crippen LogP contribution in [0.15, 0.2) is 132 Å². The van der Waals surface area contributed by atoms with Crippen molar-refractivity contribution in [3.63, 3.8) is 0 Å². The van der Waals surface area contributed by atoms with Crippen LogP contribution in [0.2, 0.25) is 0 Å². The molecule has 3 heterocycles. The van der Waals surface area contributed by atoms with Crippen molar-refractivity contribution in [2.75, 3.05) is 0 Å².